The zero-order valence-electron chi connectivity index (χ0n) is 18.4. The Hall–Kier alpha value is -4.04. The molecule has 2 atom stereocenters. The Kier molecular flexibility index (Phi) is 6.05. The van der Waals surface area contributed by atoms with Crippen molar-refractivity contribution in [2.45, 2.75) is 18.6 Å². The minimum atomic E-state index is -0.374. The normalized spacial score (nSPS) is 17.4. The first-order valence-corrected chi connectivity index (χ1v) is 11.2. The van der Waals surface area contributed by atoms with Crippen molar-refractivity contribution in [3.05, 3.63) is 108 Å². The Morgan fingerprint density at radius 1 is 1.03 bits per heavy atom. The van der Waals surface area contributed by atoms with Gasteiger partial charge in [0.05, 0.1) is 36.6 Å². The number of methoxy groups -OCH3 is 1. The predicted molar refractivity (Wildman–Crippen MR) is 131 cm³/mol. The molecule has 8 heteroatoms. The lowest BCUT2D eigenvalue weighted by atomic mass is 10.0. The van der Waals surface area contributed by atoms with E-state index >= 15 is 0 Å². The van der Waals surface area contributed by atoms with Gasteiger partial charge in [-0.25, -0.2) is 4.79 Å². The molecule has 7 nitrogen and oxygen atoms in total. The molecule has 1 aromatic carbocycles. The number of furan rings is 1. The van der Waals surface area contributed by atoms with Crippen LogP contribution < -0.4 is 5.32 Å². The SMILES string of the molecule is COC(=O)c1ccc(-c2ccc([C@@H]3[C@H](c4ccccn4)NC(=S)N3Cc3ccccn3)o2)cc1. The third-order valence-corrected chi connectivity index (χ3v) is 6.12. The molecule has 1 aliphatic heterocycles. The van der Waals surface area contributed by atoms with Gasteiger partial charge in [0.15, 0.2) is 5.11 Å². The molecule has 1 saturated heterocycles. The highest BCUT2D eigenvalue weighted by atomic mass is 32.1. The number of hydrogen-bond donors (Lipinski definition) is 1. The van der Waals surface area contributed by atoms with Crippen LogP contribution in [0.2, 0.25) is 0 Å². The minimum Gasteiger partial charge on any atom is -0.465 e. The maximum absolute atomic E-state index is 11.7. The number of thiocarbonyl (C=S) groups is 1. The maximum Gasteiger partial charge on any atom is 0.337 e. The molecule has 3 aromatic heterocycles. The molecule has 1 fully saturated rings. The van der Waals surface area contributed by atoms with Gasteiger partial charge in [0.2, 0.25) is 0 Å². The van der Waals surface area contributed by atoms with E-state index in [4.69, 9.17) is 21.4 Å². The molecule has 0 spiro atoms. The molecule has 170 valence electrons. The highest BCUT2D eigenvalue weighted by Crippen LogP contribution is 2.41. The highest BCUT2D eigenvalue weighted by Gasteiger charge is 2.41. The fourth-order valence-corrected chi connectivity index (χ4v) is 4.41. The summed E-state index contributed by atoms with van der Waals surface area (Å²) in [7, 11) is 1.36. The Labute approximate surface area is 202 Å². The van der Waals surface area contributed by atoms with E-state index in [2.05, 4.69) is 20.2 Å². The third-order valence-electron chi connectivity index (χ3n) is 5.77. The van der Waals surface area contributed by atoms with E-state index in [1.807, 2.05) is 60.7 Å². The molecule has 4 heterocycles. The van der Waals surface area contributed by atoms with Crippen LogP contribution in [0.25, 0.3) is 11.3 Å². The van der Waals surface area contributed by atoms with Crippen LogP contribution in [-0.2, 0) is 11.3 Å². The van der Waals surface area contributed by atoms with Gasteiger partial charge in [-0.05, 0) is 60.7 Å². The summed E-state index contributed by atoms with van der Waals surface area (Å²) < 4.78 is 11.1. The number of benzene rings is 1. The van der Waals surface area contributed by atoms with E-state index in [9.17, 15) is 4.79 Å². The summed E-state index contributed by atoms with van der Waals surface area (Å²) >= 11 is 5.72. The van der Waals surface area contributed by atoms with Gasteiger partial charge in [0.1, 0.15) is 17.6 Å². The summed E-state index contributed by atoms with van der Waals surface area (Å²) in [5.74, 6) is 1.08. The molecule has 0 bridgehead atoms. The average Bonchev–Trinajstić information content (AvgIpc) is 3.50. The molecule has 0 amide bonds. The largest absolute Gasteiger partial charge is 0.465 e. The molecule has 0 saturated carbocycles. The van der Waals surface area contributed by atoms with Gasteiger partial charge < -0.3 is 19.4 Å². The van der Waals surface area contributed by atoms with Crippen molar-refractivity contribution < 1.29 is 13.9 Å². The summed E-state index contributed by atoms with van der Waals surface area (Å²) in [5.41, 5.74) is 3.13. The van der Waals surface area contributed by atoms with Crippen LogP contribution in [0.5, 0.6) is 0 Å². The zero-order valence-corrected chi connectivity index (χ0v) is 19.2. The maximum atomic E-state index is 11.7. The monoisotopic (exact) mass is 470 g/mol. The van der Waals surface area contributed by atoms with Crippen molar-refractivity contribution in [2.75, 3.05) is 7.11 Å². The number of nitrogens with one attached hydrogen (secondary N) is 1. The van der Waals surface area contributed by atoms with Crippen LogP contribution in [-0.4, -0.2) is 33.1 Å². The van der Waals surface area contributed by atoms with E-state index in [-0.39, 0.29) is 18.1 Å². The first-order chi connectivity index (χ1) is 16.6. The Balaban J connectivity index is 1.49. The molecule has 1 aliphatic rings. The van der Waals surface area contributed by atoms with Crippen LogP contribution >= 0.6 is 12.2 Å². The summed E-state index contributed by atoms with van der Waals surface area (Å²) in [6.07, 6.45) is 3.55. The fraction of sp³-hybridized carbons (Fsp3) is 0.154. The van der Waals surface area contributed by atoms with E-state index in [1.165, 1.54) is 7.11 Å². The second-order valence-corrected chi connectivity index (χ2v) is 8.23. The molecule has 0 radical (unpaired) electrons. The van der Waals surface area contributed by atoms with Crippen LogP contribution in [0.4, 0.5) is 0 Å². The summed E-state index contributed by atoms with van der Waals surface area (Å²) in [5, 5.41) is 4.04. The van der Waals surface area contributed by atoms with E-state index in [0.29, 0.717) is 23.0 Å². The van der Waals surface area contributed by atoms with E-state index in [0.717, 1.165) is 22.7 Å². The molecular weight excluding hydrogens is 448 g/mol. The number of nitrogens with zero attached hydrogens (tertiary/aromatic N) is 3. The zero-order chi connectivity index (χ0) is 23.5. The van der Waals surface area contributed by atoms with Crippen LogP contribution in [0.3, 0.4) is 0 Å². The number of pyridine rings is 2. The molecule has 1 N–H and O–H groups in total. The van der Waals surface area contributed by atoms with Crippen molar-refractivity contribution >= 4 is 23.3 Å². The van der Waals surface area contributed by atoms with Gasteiger partial charge in [0.25, 0.3) is 0 Å². The summed E-state index contributed by atoms with van der Waals surface area (Å²) in [6.45, 7) is 0.532. The molecule has 34 heavy (non-hydrogen) atoms. The first kappa shape index (κ1) is 21.8. The van der Waals surface area contributed by atoms with Crippen molar-refractivity contribution in [1.29, 1.82) is 0 Å². The van der Waals surface area contributed by atoms with Gasteiger partial charge in [0, 0.05) is 18.0 Å². The molecule has 5 rings (SSSR count). The number of carbonyl (C=O) groups is 1. The number of rotatable bonds is 6. The van der Waals surface area contributed by atoms with Gasteiger partial charge in [-0.1, -0.05) is 24.3 Å². The van der Waals surface area contributed by atoms with Gasteiger partial charge in [-0.2, -0.15) is 0 Å². The lowest BCUT2D eigenvalue weighted by molar-refractivity contribution is 0.0600. The van der Waals surface area contributed by atoms with Crippen molar-refractivity contribution in [3.63, 3.8) is 0 Å². The van der Waals surface area contributed by atoms with E-state index in [1.54, 1.807) is 24.5 Å². The second kappa shape index (κ2) is 9.44. The number of esters is 1. The fourth-order valence-electron chi connectivity index (χ4n) is 4.11. The van der Waals surface area contributed by atoms with Gasteiger partial charge in [-0.15, -0.1) is 0 Å². The number of aromatic nitrogens is 2. The molecule has 4 aromatic rings. The van der Waals surface area contributed by atoms with Crippen LogP contribution in [0, 0.1) is 0 Å². The van der Waals surface area contributed by atoms with Crippen molar-refractivity contribution in [2.24, 2.45) is 0 Å². The lowest BCUT2D eigenvalue weighted by Crippen LogP contribution is -2.29. The van der Waals surface area contributed by atoms with Crippen LogP contribution in [0.1, 0.15) is 39.6 Å². The summed E-state index contributed by atoms with van der Waals surface area (Å²) in [6, 6.07) is 22.3. The smallest absolute Gasteiger partial charge is 0.337 e. The number of ether oxygens (including phenoxy) is 1. The third kappa shape index (κ3) is 4.27. The number of hydrogen-bond acceptors (Lipinski definition) is 6. The number of carbonyl (C=O) groups excluding carboxylic acids is 1. The Morgan fingerprint density at radius 3 is 2.47 bits per heavy atom. The lowest BCUT2D eigenvalue weighted by Gasteiger charge is -2.25. The van der Waals surface area contributed by atoms with Crippen molar-refractivity contribution in [1.82, 2.24) is 20.2 Å². The first-order valence-electron chi connectivity index (χ1n) is 10.8. The standard InChI is InChI=1S/C26H22N4O3S/c1-32-25(31)18-10-8-17(9-11-18)21-12-13-22(33-21)24-23(20-7-3-5-15-28-20)29-26(34)30(24)16-19-6-2-4-14-27-19/h2-15,23-24H,16H2,1H3,(H,29,34)/t23-,24+/m0/s1. The molecule has 0 unspecified atom stereocenters. The Morgan fingerprint density at radius 2 is 1.79 bits per heavy atom. The quantitative estimate of drug-likeness (QED) is 0.321. The highest BCUT2D eigenvalue weighted by molar-refractivity contribution is 7.80. The molecular formula is C26H22N4O3S. The van der Waals surface area contributed by atoms with Gasteiger partial charge >= 0.3 is 5.97 Å². The summed E-state index contributed by atoms with van der Waals surface area (Å²) in [4.78, 5) is 22.9. The van der Waals surface area contributed by atoms with E-state index < -0.39 is 0 Å². The topological polar surface area (TPSA) is 80.5 Å². The van der Waals surface area contributed by atoms with Crippen LogP contribution in [0.15, 0.2) is 89.6 Å². The second-order valence-electron chi connectivity index (χ2n) is 7.85. The average molecular weight is 471 g/mol. The van der Waals surface area contributed by atoms with Crippen molar-refractivity contribution in [3.8, 4) is 11.3 Å². The minimum absolute atomic E-state index is 0.182. The predicted octanol–water partition coefficient (Wildman–Crippen LogP) is 4.70. The van der Waals surface area contributed by atoms with Gasteiger partial charge in [-0.3, -0.25) is 9.97 Å². The molecule has 0 aliphatic carbocycles. The Bertz CT molecular complexity index is 1290.